The molecule has 1 heterocycles. The lowest BCUT2D eigenvalue weighted by atomic mass is 10.00. The van der Waals surface area contributed by atoms with E-state index in [0.29, 0.717) is 6.61 Å². The molecule has 0 atom stereocenters. The number of nitrogens with one attached hydrogen (secondary N) is 1. The van der Waals surface area contributed by atoms with Crippen molar-refractivity contribution >= 4 is 11.7 Å². The van der Waals surface area contributed by atoms with Crippen molar-refractivity contribution in [2.75, 3.05) is 6.61 Å². The van der Waals surface area contributed by atoms with Gasteiger partial charge in [-0.3, -0.25) is 9.59 Å². The molecule has 0 aromatic carbocycles. The molecule has 0 spiro atoms. The first kappa shape index (κ1) is 17.7. The lowest BCUT2D eigenvalue weighted by molar-refractivity contribution is -0.118. The number of hydrogen-bond donors (Lipinski definition) is 1. The van der Waals surface area contributed by atoms with E-state index in [2.05, 4.69) is 12.2 Å². The van der Waals surface area contributed by atoms with Crippen LogP contribution in [0, 0.1) is 0 Å². The van der Waals surface area contributed by atoms with E-state index in [1.165, 1.54) is 44.8 Å². The van der Waals surface area contributed by atoms with Crippen LogP contribution in [0.2, 0.25) is 0 Å². The fraction of sp³-hybridized carbons (Fsp3) is 0.765. The molecule has 0 unspecified atom stereocenters. The van der Waals surface area contributed by atoms with Crippen molar-refractivity contribution in [3.05, 3.63) is 11.8 Å². The lowest BCUT2D eigenvalue weighted by Gasteiger charge is -2.13. The van der Waals surface area contributed by atoms with Crippen molar-refractivity contribution in [2.45, 2.75) is 77.7 Å². The van der Waals surface area contributed by atoms with Crippen LogP contribution in [-0.4, -0.2) is 23.8 Å². The van der Waals surface area contributed by atoms with Crippen LogP contribution in [0.4, 0.5) is 0 Å². The van der Waals surface area contributed by atoms with Gasteiger partial charge in [-0.2, -0.15) is 0 Å². The first-order valence-corrected chi connectivity index (χ1v) is 8.18. The molecule has 0 bridgehead atoms. The van der Waals surface area contributed by atoms with E-state index in [9.17, 15) is 9.59 Å². The summed E-state index contributed by atoms with van der Waals surface area (Å²) in [6.45, 7) is 6.20. The highest BCUT2D eigenvalue weighted by Crippen LogP contribution is 2.19. The second-order valence-electron chi connectivity index (χ2n) is 6.29. The summed E-state index contributed by atoms with van der Waals surface area (Å²) in [5.41, 5.74) is -0.662. The van der Waals surface area contributed by atoms with Crippen molar-refractivity contribution in [1.29, 1.82) is 0 Å². The van der Waals surface area contributed by atoms with Gasteiger partial charge in [0.1, 0.15) is 5.57 Å². The molecule has 1 saturated heterocycles. The van der Waals surface area contributed by atoms with Gasteiger partial charge < -0.3 is 10.1 Å². The quantitative estimate of drug-likeness (QED) is 0.290. The number of unbranched alkanes of at least 4 members (excludes halogenated alkanes) is 7. The average molecular weight is 295 g/mol. The molecule has 4 heteroatoms. The largest absolute Gasteiger partial charge is 0.500 e. The summed E-state index contributed by atoms with van der Waals surface area (Å²) in [6.07, 6.45) is 11.2. The Hall–Kier alpha value is -1.32. The minimum Gasteiger partial charge on any atom is -0.500 e. The highest BCUT2D eigenvalue weighted by Gasteiger charge is 2.42. The molecular weight excluding hydrogens is 266 g/mol. The van der Waals surface area contributed by atoms with Gasteiger partial charge in [-0.25, -0.2) is 0 Å². The van der Waals surface area contributed by atoms with E-state index >= 15 is 0 Å². The van der Waals surface area contributed by atoms with Gasteiger partial charge in [0.05, 0.1) is 18.4 Å². The van der Waals surface area contributed by atoms with Gasteiger partial charge in [0.15, 0.2) is 5.78 Å². The monoisotopic (exact) mass is 295 g/mol. The zero-order chi connectivity index (χ0) is 15.7. The Morgan fingerprint density at radius 1 is 1.00 bits per heavy atom. The van der Waals surface area contributed by atoms with Gasteiger partial charge in [0, 0.05) is 0 Å². The summed E-state index contributed by atoms with van der Waals surface area (Å²) >= 11 is 0. The Morgan fingerprint density at radius 2 is 1.57 bits per heavy atom. The average Bonchev–Trinajstić information content (AvgIpc) is 2.62. The number of ketones is 1. The Balaban J connectivity index is 2.10. The second-order valence-corrected chi connectivity index (χ2v) is 6.29. The minimum atomic E-state index is -0.801. The highest BCUT2D eigenvalue weighted by molar-refractivity contribution is 6.27. The SMILES string of the molecule is CCCCCCCCCCO/C=C1/C(=O)NC(C)(C)C1=O. The molecule has 0 aromatic rings. The highest BCUT2D eigenvalue weighted by atomic mass is 16.5. The topological polar surface area (TPSA) is 55.4 Å². The van der Waals surface area contributed by atoms with Crippen molar-refractivity contribution in [1.82, 2.24) is 5.32 Å². The zero-order valence-electron chi connectivity index (χ0n) is 13.7. The van der Waals surface area contributed by atoms with E-state index in [4.69, 9.17) is 4.74 Å². The van der Waals surface area contributed by atoms with Crippen LogP contribution in [0.15, 0.2) is 11.8 Å². The summed E-state index contributed by atoms with van der Waals surface area (Å²) < 4.78 is 5.35. The van der Waals surface area contributed by atoms with Crippen LogP contribution >= 0.6 is 0 Å². The molecule has 1 amide bonds. The molecule has 120 valence electrons. The molecule has 1 fully saturated rings. The fourth-order valence-corrected chi connectivity index (χ4v) is 2.42. The molecule has 0 radical (unpaired) electrons. The van der Waals surface area contributed by atoms with Crippen molar-refractivity contribution in [2.24, 2.45) is 0 Å². The maximum absolute atomic E-state index is 11.9. The van der Waals surface area contributed by atoms with Gasteiger partial charge in [-0.15, -0.1) is 0 Å². The first-order chi connectivity index (χ1) is 9.99. The zero-order valence-corrected chi connectivity index (χ0v) is 13.7. The number of carbonyl (C=O) groups is 2. The Labute approximate surface area is 128 Å². The van der Waals surface area contributed by atoms with Crippen LogP contribution in [0.25, 0.3) is 0 Å². The van der Waals surface area contributed by atoms with Crippen LogP contribution in [0.3, 0.4) is 0 Å². The van der Waals surface area contributed by atoms with E-state index < -0.39 is 5.54 Å². The molecular formula is C17H29NO3. The lowest BCUT2D eigenvalue weighted by Crippen LogP contribution is -2.39. The first-order valence-electron chi connectivity index (χ1n) is 8.18. The maximum atomic E-state index is 11.9. The summed E-state index contributed by atoms with van der Waals surface area (Å²) in [7, 11) is 0. The third-order valence-electron chi connectivity index (χ3n) is 3.80. The van der Waals surface area contributed by atoms with Crippen LogP contribution < -0.4 is 5.32 Å². The van der Waals surface area contributed by atoms with Crippen LogP contribution in [-0.2, 0) is 14.3 Å². The standard InChI is InChI=1S/C17H29NO3/c1-4-5-6-7-8-9-10-11-12-21-13-14-15(19)17(2,3)18-16(14)20/h13H,4-12H2,1-3H3,(H,18,20)/b14-13+. The van der Waals surface area contributed by atoms with Gasteiger partial charge in [0.2, 0.25) is 0 Å². The van der Waals surface area contributed by atoms with E-state index in [1.54, 1.807) is 13.8 Å². The number of hydrogen-bond acceptors (Lipinski definition) is 3. The van der Waals surface area contributed by atoms with Crippen molar-refractivity contribution in [3.8, 4) is 0 Å². The number of carbonyl (C=O) groups excluding carboxylic acids is 2. The number of rotatable bonds is 10. The van der Waals surface area contributed by atoms with E-state index in [-0.39, 0.29) is 17.3 Å². The van der Waals surface area contributed by atoms with Crippen LogP contribution in [0.5, 0.6) is 0 Å². The minimum absolute atomic E-state index is 0.138. The molecule has 1 rings (SSSR count). The molecule has 1 aliphatic rings. The molecule has 0 saturated carbocycles. The molecule has 4 nitrogen and oxygen atoms in total. The number of Topliss-reactive ketones (excluding diaryl/α,β-unsaturated/α-hetero) is 1. The van der Waals surface area contributed by atoms with Crippen molar-refractivity contribution < 1.29 is 14.3 Å². The molecule has 0 aromatic heterocycles. The third-order valence-corrected chi connectivity index (χ3v) is 3.80. The predicted molar refractivity (Wildman–Crippen MR) is 83.9 cm³/mol. The van der Waals surface area contributed by atoms with Gasteiger partial charge in [-0.05, 0) is 20.3 Å². The van der Waals surface area contributed by atoms with Crippen LogP contribution in [0.1, 0.15) is 72.1 Å². The van der Waals surface area contributed by atoms with Gasteiger partial charge in [-0.1, -0.05) is 51.9 Å². The fourth-order valence-electron chi connectivity index (χ4n) is 2.42. The predicted octanol–water partition coefficient (Wildman–Crippen LogP) is 3.51. The summed E-state index contributed by atoms with van der Waals surface area (Å²) in [5, 5.41) is 2.64. The third kappa shape index (κ3) is 5.90. The van der Waals surface area contributed by atoms with Gasteiger partial charge >= 0.3 is 0 Å². The molecule has 1 aliphatic heterocycles. The second kappa shape index (κ2) is 8.85. The normalized spacial score (nSPS) is 19.1. The number of ether oxygens (including phenoxy) is 1. The van der Waals surface area contributed by atoms with Gasteiger partial charge in [0.25, 0.3) is 5.91 Å². The Morgan fingerprint density at radius 3 is 2.10 bits per heavy atom. The Bertz CT molecular complexity index is 385. The summed E-state index contributed by atoms with van der Waals surface area (Å²) in [5.74, 6) is -0.524. The molecule has 21 heavy (non-hydrogen) atoms. The smallest absolute Gasteiger partial charge is 0.258 e. The number of amides is 1. The summed E-state index contributed by atoms with van der Waals surface area (Å²) in [6, 6.07) is 0. The van der Waals surface area contributed by atoms with E-state index in [1.807, 2.05) is 0 Å². The molecule has 1 N–H and O–H groups in total. The maximum Gasteiger partial charge on any atom is 0.258 e. The summed E-state index contributed by atoms with van der Waals surface area (Å²) in [4.78, 5) is 23.5. The molecule has 0 aliphatic carbocycles. The Kier molecular flexibility index (Phi) is 7.48. The van der Waals surface area contributed by atoms with E-state index in [0.717, 1.165) is 12.8 Å². The van der Waals surface area contributed by atoms with Crippen molar-refractivity contribution in [3.63, 3.8) is 0 Å².